The van der Waals surface area contributed by atoms with E-state index in [9.17, 15) is 13.6 Å². The van der Waals surface area contributed by atoms with Crippen LogP contribution in [0, 0.1) is 0 Å². The molecule has 0 spiro atoms. The van der Waals surface area contributed by atoms with Crippen LogP contribution < -0.4 is 14.5 Å². The average molecular weight is 322 g/mol. The third-order valence-corrected chi connectivity index (χ3v) is 3.05. The SMILES string of the molecule is CN(C)c1ncccc1N(C)C(=O)c1ccc(OC(F)F)nc1. The van der Waals surface area contributed by atoms with E-state index in [-0.39, 0.29) is 17.4 Å². The van der Waals surface area contributed by atoms with E-state index in [1.807, 2.05) is 14.1 Å². The molecule has 0 atom stereocenters. The van der Waals surface area contributed by atoms with Crippen molar-refractivity contribution in [3.05, 3.63) is 42.2 Å². The lowest BCUT2D eigenvalue weighted by atomic mass is 10.2. The minimum atomic E-state index is -2.95. The number of hydrogen-bond acceptors (Lipinski definition) is 5. The molecule has 8 heteroatoms. The van der Waals surface area contributed by atoms with Gasteiger partial charge in [-0.25, -0.2) is 9.97 Å². The Morgan fingerprint density at radius 3 is 2.48 bits per heavy atom. The van der Waals surface area contributed by atoms with Crippen LogP contribution in [0.4, 0.5) is 20.3 Å². The maximum atomic E-state index is 12.5. The van der Waals surface area contributed by atoms with Crippen LogP contribution in [0.3, 0.4) is 0 Å². The Morgan fingerprint density at radius 1 is 1.17 bits per heavy atom. The second-order valence-electron chi connectivity index (χ2n) is 4.87. The van der Waals surface area contributed by atoms with Crippen LogP contribution in [-0.2, 0) is 0 Å². The Morgan fingerprint density at radius 2 is 1.91 bits per heavy atom. The zero-order chi connectivity index (χ0) is 17.0. The number of aromatic nitrogens is 2. The minimum absolute atomic E-state index is 0.241. The Bertz CT molecular complexity index is 677. The van der Waals surface area contributed by atoms with E-state index in [1.54, 1.807) is 30.3 Å². The van der Waals surface area contributed by atoms with Gasteiger partial charge in [0.15, 0.2) is 5.82 Å². The van der Waals surface area contributed by atoms with Crippen molar-refractivity contribution in [2.45, 2.75) is 6.61 Å². The smallest absolute Gasteiger partial charge is 0.388 e. The summed E-state index contributed by atoms with van der Waals surface area (Å²) >= 11 is 0. The van der Waals surface area contributed by atoms with Crippen LogP contribution in [-0.4, -0.2) is 43.6 Å². The van der Waals surface area contributed by atoms with Crippen LogP contribution >= 0.6 is 0 Å². The number of pyridine rings is 2. The van der Waals surface area contributed by atoms with E-state index < -0.39 is 6.61 Å². The average Bonchev–Trinajstić information content (AvgIpc) is 2.53. The number of hydrogen-bond donors (Lipinski definition) is 0. The lowest BCUT2D eigenvalue weighted by molar-refractivity contribution is -0.0528. The Hall–Kier alpha value is -2.77. The number of ether oxygens (including phenoxy) is 1. The van der Waals surface area contributed by atoms with Crippen LogP contribution in [0.2, 0.25) is 0 Å². The molecule has 1 amide bonds. The molecule has 2 aromatic rings. The molecule has 0 aliphatic carbocycles. The number of rotatable bonds is 5. The zero-order valence-corrected chi connectivity index (χ0v) is 12.9. The van der Waals surface area contributed by atoms with Gasteiger partial charge in [-0.15, -0.1) is 0 Å². The van der Waals surface area contributed by atoms with Crippen LogP contribution in [0.5, 0.6) is 5.88 Å². The second-order valence-corrected chi connectivity index (χ2v) is 4.87. The first-order valence-corrected chi connectivity index (χ1v) is 6.71. The first kappa shape index (κ1) is 16.6. The topological polar surface area (TPSA) is 58.6 Å². The highest BCUT2D eigenvalue weighted by Crippen LogP contribution is 2.25. The number of carbonyl (C=O) groups excluding carboxylic acids is 1. The molecule has 0 saturated heterocycles. The quantitative estimate of drug-likeness (QED) is 0.846. The molecular formula is C15H16F2N4O2. The lowest BCUT2D eigenvalue weighted by Crippen LogP contribution is -2.28. The van der Waals surface area contributed by atoms with E-state index in [0.717, 1.165) is 0 Å². The van der Waals surface area contributed by atoms with Crippen LogP contribution in [0.1, 0.15) is 10.4 Å². The molecule has 0 fully saturated rings. The van der Waals surface area contributed by atoms with Crippen molar-refractivity contribution in [2.75, 3.05) is 30.9 Å². The summed E-state index contributed by atoms with van der Waals surface area (Å²) in [4.78, 5) is 23.6. The molecule has 23 heavy (non-hydrogen) atoms. The highest BCUT2D eigenvalue weighted by Gasteiger charge is 2.18. The zero-order valence-electron chi connectivity index (χ0n) is 12.9. The Balaban J connectivity index is 2.23. The van der Waals surface area contributed by atoms with Gasteiger partial charge in [0.25, 0.3) is 5.91 Å². The maximum absolute atomic E-state index is 12.5. The van der Waals surface area contributed by atoms with Gasteiger partial charge in [-0.2, -0.15) is 8.78 Å². The van der Waals surface area contributed by atoms with Crippen molar-refractivity contribution >= 4 is 17.4 Å². The van der Waals surface area contributed by atoms with Crippen molar-refractivity contribution < 1.29 is 18.3 Å². The van der Waals surface area contributed by atoms with Gasteiger partial charge in [0.2, 0.25) is 5.88 Å². The number of halogens is 2. The Kier molecular flexibility index (Phi) is 5.05. The molecule has 0 radical (unpaired) electrons. The molecule has 0 N–H and O–H groups in total. The maximum Gasteiger partial charge on any atom is 0.388 e. The fraction of sp³-hybridized carbons (Fsp3) is 0.267. The van der Waals surface area contributed by atoms with Gasteiger partial charge in [-0.05, 0) is 18.2 Å². The van der Waals surface area contributed by atoms with Gasteiger partial charge in [0.05, 0.1) is 11.3 Å². The van der Waals surface area contributed by atoms with Crippen LogP contribution in [0.25, 0.3) is 0 Å². The lowest BCUT2D eigenvalue weighted by Gasteiger charge is -2.23. The van der Waals surface area contributed by atoms with Gasteiger partial charge in [-0.1, -0.05) is 0 Å². The Labute approximate surface area is 132 Å². The second kappa shape index (κ2) is 6.99. The van der Waals surface area contributed by atoms with Crippen molar-refractivity contribution in [1.29, 1.82) is 0 Å². The molecule has 0 saturated carbocycles. The molecule has 0 aromatic carbocycles. The van der Waals surface area contributed by atoms with E-state index in [4.69, 9.17) is 0 Å². The minimum Gasteiger partial charge on any atom is -0.417 e. The predicted molar refractivity (Wildman–Crippen MR) is 82.2 cm³/mol. The summed E-state index contributed by atoms with van der Waals surface area (Å²) in [7, 11) is 5.25. The fourth-order valence-electron chi connectivity index (χ4n) is 1.97. The predicted octanol–water partition coefficient (Wildman–Crippen LogP) is 2.42. The molecule has 122 valence electrons. The highest BCUT2D eigenvalue weighted by atomic mass is 19.3. The third kappa shape index (κ3) is 3.91. The first-order chi connectivity index (χ1) is 10.9. The standard InChI is InChI=1S/C15H16F2N4O2/c1-20(2)13-11(5-4-8-18-13)21(3)14(22)10-6-7-12(19-9-10)23-15(16)17/h4-9,15H,1-3H3. The van der Waals surface area contributed by atoms with Crippen molar-refractivity contribution in [2.24, 2.45) is 0 Å². The summed E-state index contributed by atoms with van der Waals surface area (Å²) < 4.78 is 28.4. The van der Waals surface area contributed by atoms with Crippen molar-refractivity contribution in [3.63, 3.8) is 0 Å². The molecule has 0 unspecified atom stereocenters. The normalized spacial score (nSPS) is 10.5. The molecule has 0 aliphatic rings. The molecule has 2 heterocycles. The molecular weight excluding hydrogens is 306 g/mol. The summed E-state index contributed by atoms with van der Waals surface area (Å²) in [5.41, 5.74) is 0.873. The van der Waals surface area contributed by atoms with Gasteiger partial charge in [-0.3, -0.25) is 4.79 Å². The number of amides is 1. The van der Waals surface area contributed by atoms with E-state index in [1.165, 1.54) is 23.2 Å². The highest BCUT2D eigenvalue weighted by molar-refractivity contribution is 6.06. The van der Waals surface area contributed by atoms with Crippen LogP contribution in [0.15, 0.2) is 36.7 Å². The van der Waals surface area contributed by atoms with Gasteiger partial charge < -0.3 is 14.5 Å². The number of nitrogens with zero attached hydrogens (tertiary/aromatic N) is 4. The fourth-order valence-corrected chi connectivity index (χ4v) is 1.97. The molecule has 6 nitrogen and oxygen atoms in total. The number of alkyl halides is 2. The molecule has 0 aliphatic heterocycles. The number of anilines is 2. The van der Waals surface area contributed by atoms with Gasteiger partial charge in [0.1, 0.15) is 0 Å². The molecule has 2 aromatic heterocycles. The van der Waals surface area contributed by atoms with Crippen molar-refractivity contribution in [1.82, 2.24) is 9.97 Å². The van der Waals surface area contributed by atoms with Crippen molar-refractivity contribution in [3.8, 4) is 5.88 Å². The number of carbonyl (C=O) groups is 1. The summed E-state index contributed by atoms with van der Waals surface area (Å²) in [5, 5.41) is 0. The van der Waals surface area contributed by atoms with Gasteiger partial charge >= 0.3 is 6.61 Å². The summed E-state index contributed by atoms with van der Waals surface area (Å²) in [6.45, 7) is -2.95. The largest absolute Gasteiger partial charge is 0.417 e. The van der Waals surface area contributed by atoms with E-state index in [2.05, 4.69) is 14.7 Å². The summed E-state index contributed by atoms with van der Waals surface area (Å²) in [6, 6.07) is 6.10. The molecule has 2 rings (SSSR count). The van der Waals surface area contributed by atoms with E-state index >= 15 is 0 Å². The first-order valence-electron chi connectivity index (χ1n) is 6.71. The van der Waals surface area contributed by atoms with E-state index in [0.29, 0.717) is 11.5 Å². The summed E-state index contributed by atoms with van der Waals surface area (Å²) in [5.74, 6) is 0.0562. The third-order valence-electron chi connectivity index (χ3n) is 3.05. The summed E-state index contributed by atoms with van der Waals surface area (Å²) in [6.07, 6.45) is 2.83. The molecule has 0 bridgehead atoms. The van der Waals surface area contributed by atoms with Gasteiger partial charge in [0, 0.05) is 39.6 Å². The monoisotopic (exact) mass is 322 g/mol.